The number of ether oxygens (including phenoxy) is 1. The average molecular weight is 358 g/mol. The Morgan fingerprint density at radius 1 is 1.36 bits per heavy atom. The number of rotatable bonds is 5. The molecule has 8 heteroatoms. The molecule has 0 radical (unpaired) electrons. The summed E-state index contributed by atoms with van der Waals surface area (Å²) in [6.07, 6.45) is -3.26. The fourth-order valence-electron chi connectivity index (χ4n) is 3.28. The Hall–Kier alpha value is -2.09. The molecule has 2 amide bonds. The molecule has 1 N–H and O–H groups in total. The number of carbonyl (C=O) groups is 2. The van der Waals surface area contributed by atoms with E-state index in [4.69, 9.17) is 4.74 Å². The van der Waals surface area contributed by atoms with E-state index in [-0.39, 0.29) is 24.5 Å². The van der Waals surface area contributed by atoms with Crippen molar-refractivity contribution in [2.45, 2.75) is 31.0 Å². The summed E-state index contributed by atoms with van der Waals surface area (Å²) in [4.78, 5) is 26.2. The third kappa shape index (κ3) is 4.12. The smallest absolute Gasteiger partial charge is 0.382 e. The number of hydrogen-bond donors (Lipinski definition) is 1. The highest BCUT2D eigenvalue weighted by molar-refractivity contribution is 5.95. The summed E-state index contributed by atoms with van der Waals surface area (Å²) in [6, 6.07) is 4.34. The summed E-state index contributed by atoms with van der Waals surface area (Å²) in [5, 5.41) is 2.52. The minimum atomic E-state index is -4.52. The van der Waals surface area contributed by atoms with Crippen molar-refractivity contribution in [2.75, 3.05) is 27.3 Å². The van der Waals surface area contributed by atoms with E-state index < -0.39 is 23.2 Å². The van der Waals surface area contributed by atoms with Gasteiger partial charge in [-0.15, -0.1) is 0 Å². The number of amides is 2. The zero-order chi connectivity index (χ0) is 18.7. The summed E-state index contributed by atoms with van der Waals surface area (Å²) < 4.78 is 43.9. The lowest BCUT2D eigenvalue weighted by molar-refractivity contribution is -0.137. The first-order chi connectivity index (χ1) is 11.7. The molecule has 1 saturated heterocycles. The molecule has 0 bridgehead atoms. The lowest BCUT2D eigenvalue weighted by atomic mass is 9.91. The van der Waals surface area contributed by atoms with Crippen LogP contribution in [0.25, 0.3) is 0 Å². The molecular formula is C17H21F3N2O3. The van der Waals surface area contributed by atoms with Crippen molar-refractivity contribution in [3.8, 4) is 0 Å². The summed E-state index contributed by atoms with van der Waals surface area (Å²) in [5.74, 6) is -0.773. The van der Waals surface area contributed by atoms with Crippen LogP contribution in [0, 0.1) is 0 Å². The molecule has 1 aromatic carbocycles. The zero-order valence-corrected chi connectivity index (χ0v) is 14.2. The second-order valence-corrected chi connectivity index (χ2v) is 6.15. The largest absolute Gasteiger partial charge is 0.416 e. The molecule has 1 aromatic rings. The lowest BCUT2D eigenvalue weighted by Crippen LogP contribution is -2.52. The molecule has 1 heterocycles. The molecule has 138 valence electrons. The summed E-state index contributed by atoms with van der Waals surface area (Å²) in [7, 11) is 2.97. The van der Waals surface area contributed by atoms with Gasteiger partial charge in [-0.1, -0.05) is 6.07 Å². The van der Waals surface area contributed by atoms with Crippen LogP contribution in [0.4, 0.5) is 13.2 Å². The first-order valence-corrected chi connectivity index (χ1v) is 7.92. The van der Waals surface area contributed by atoms with Gasteiger partial charge in [-0.3, -0.25) is 9.59 Å². The van der Waals surface area contributed by atoms with Crippen LogP contribution < -0.4 is 5.32 Å². The predicted octanol–water partition coefficient (Wildman–Crippen LogP) is 2.46. The SMILES string of the molecule is CNC(=O)C[C@]1(COC)CCCN1C(=O)c1cccc(C(F)(F)F)c1. The Balaban J connectivity index is 2.34. The van der Waals surface area contributed by atoms with Gasteiger partial charge in [0.05, 0.1) is 24.1 Å². The van der Waals surface area contributed by atoms with Crippen LogP contribution in [0.5, 0.6) is 0 Å². The van der Waals surface area contributed by atoms with E-state index in [2.05, 4.69) is 5.32 Å². The molecule has 0 saturated carbocycles. The van der Waals surface area contributed by atoms with Crippen molar-refractivity contribution in [3.63, 3.8) is 0 Å². The third-order valence-corrected chi connectivity index (χ3v) is 4.46. The van der Waals surface area contributed by atoms with E-state index in [1.54, 1.807) is 0 Å². The second kappa shape index (κ2) is 7.43. The average Bonchev–Trinajstić information content (AvgIpc) is 2.97. The number of nitrogens with one attached hydrogen (secondary N) is 1. The van der Waals surface area contributed by atoms with E-state index in [1.807, 2.05) is 0 Å². The summed E-state index contributed by atoms with van der Waals surface area (Å²) >= 11 is 0. The van der Waals surface area contributed by atoms with E-state index in [0.717, 1.165) is 12.1 Å². The Kier molecular flexibility index (Phi) is 5.72. The molecule has 0 aliphatic carbocycles. The standard InChI is InChI=1S/C17H21F3N2O3/c1-21-14(23)10-16(11-25-2)7-4-8-22(16)15(24)12-5-3-6-13(9-12)17(18,19)20/h3,5-6,9H,4,7-8,10-11H2,1-2H3,(H,21,23)/t16-/m0/s1. The number of nitrogens with zero attached hydrogens (tertiary/aromatic N) is 1. The van der Waals surface area contributed by atoms with E-state index >= 15 is 0 Å². The molecular weight excluding hydrogens is 337 g/mol. The maximum Gasteiger partial charge on any atom is 0.416 e. The predicted molar refractivity (Wildman–Crippen MR) is 85.0 cm³/mol. The van der Waals surface area contributed by atoms with Crippen LogP contribution >= 0.6 is 0 Å². The van der Waals surface area contributed by atoms with Gasteiger partial charge < -0.3 is 15.0 Å². The van der Waals surface area contributed by atoms with Crippen molar-refractivity contribution in [1.82, 2.24) is 10.2 Å². The minimum Gasteiger partial charge on any atom is -0.382 e. The number of methoxy groups -OCH3 is 1. The Morgan fingerprint density at radius 3 is 2.68 bits per heavy atom. The van der Waals surface area contributed by atoms with Crippen LogP contribution in [0.1, 0.15) is 35.2 Å². The Labute approximate surface area is 144 Å². The quantitative estimate of drug-likeness (QED) is 0.880. The first kappa shape index (κ1) is 19.2. The van der Waals surface area contributed by atoms with Gasteiger partial charge in [0.25, 0.3) is 5.91 Å². The number of benzene rings is 1. The van der Waals surface area contributed by atoms with Gasteiger partial charge in [0.15, 0.2) is 0 Å². The van der Waals surface area contributed by atoms with E-state index in [0.29, 0.717) is 19.4 Å². The summed E-state index contributed by atoms with van der Waals surface area (Å²) in [5.41, 5.74) is -1.77. The van der Waals surface area contributed by atoms with Crippen LogP contribution in [0.15, 0.2) is 24.3 Å². The molecule has 1 atom stereocenters. The highest BCUT2D eigenvalue weighted by atomic mass is 19.4. The molecule has 0 unspecified atom stereocenters. The number of hydrogen-bond acceptors (Lipinski definition) is 3. The molecule has 1 aliphatic rings. The van der Waals surface area contributed by atoms with E-state index in [9.17, 15) is 22.8 Å². The van der Waals surface area contributed by atoms with Gasteiger partial charge in [-0.05, 0) is 31.0 Å². The van der Waals surface area contributed by atoms with Crippen LogP contribution in [0.3, 0.4) is 0 Å². The zero-order valence-electron chi connectivity index (χ0n) is 14.2. The topological polar surface area (TPSA) is 58.6 Å². The molecule has 1 fully saturated rings. The van der Waals surface area contributed by atoms with Crippen LogP contribution in [-0.2, 0) is 15.7 Å². The van der Waals surface area contributed by atoms with Gasteiger partial charge in [-0.2, -0.15) is 13.2 Å². The van der Waals surface area contributed by atoms with Crippen LogP contribution in [-0.4, -0.2) is 49.6 Å². The van der Waals surface area contributed by atoms with Crippen molar-refractivity contribution >= 4 is 11.8 Å². The fraction of sp³-hybridized carbons (Fsp3) is 0.529. The van der Waals surface area contributed by atoms with Crippen molar-refractivity contribution in [1.29, 1.82) is 0 Å². The maximum atomic E-state index is 12.9. The number of likely N-dealkylation sites (tertiary alicyclic amines) is 1. The first-order valence-electron chi connectivity index (χ1n) is 7.92. The lowest BCUT2D eigenvalue weighted by Gasteiger charge is -2.37. The second-order valence-electron chi connectivity index (χ2n) is 6.15. The molecule has 1 aliphatic heterocycles. The highest BCUT2D eigenvalue weighted by Crippen LogP contribution is 2.35. The van der Waals surface area contributed by atoms with Gasteiger partial charge in [0.1, 0.15) is 0 Å². The van der Waals surface area contributed by atoms with Crippen molar-refractivity contribution in [3.05, 3.63) is 35.4 Å². The normalized spacial score (nSPS) is 20.6. The van der Waals surface area contributed by atoms with Crippen LogP contribution in [0.2, 0.25) is 0 Å². The molecule has 0 spiro atoms. The third-order valence-electron chi connectivity index (χ3n) is 4.46. The molecule has 2 rings (SSSR count). The number of halogens is 3. The monoisotopic (exact) mass is 358 g/mol. The van der Waals surface area contributed by atoms with Gasteiger partial charge in [0, 0.05) is 26.3 Å². The van der Waals surface area contributed by atoms with E-state index in [1.165, 1.54) is 31.2 Å². The summed E-state index contributed by atoms with van der Waals surface area (Å²) in [6.45, 7) is 0.514. The Bertz CT molecular complexity index is 648. The van der Waals surface area contributed by atoms with Crippen molar-refractivity contribution < 1.29 is 27.5 Å². The van der Waals surface area contributed by atoms with Gasteiger partial charge in [-0.25, -0.2) is 0 Å². The van der Waals surface area contributed by atoms with Gasteiger partial charge in [0.2, 0.25) is 5.91 Å². The van der Waals surface area contributed by atoms with Crippen molar-refractivity contribution in [2.24, 2.45) is 0 Å². The highest BCUT2D eigenvalue weighted by Gasteiger charge is 2.45. The minimum absolute atomic E-state index is 0.0437. The Morgan fingerprint density at radius 2 is 2.08 bits per heavy atom. The molecule has 25 heavy (non-hydrogen) atoms. The fourth-order valence-corrected chi connectivity index (χ4v) is 3.28. The maximum absolute atomic E-state index is 12.9. The molecule has 0 aromatic heterocycles. The molecule has 5 nitrogen and oxygen atoms in total. The number of carbonyl (C=O) groups excluding carboxylic acids is 2. The van der Waals surface area contributed by atoms with Gasteiger partial charge >= 0.3 is 6.18 Å². The number of alkyl halides is 3.